The molecule has 6 rings (SSSR count). The molecule has 7 nitrogen and oxygen atoms in total. The quantitative estimate of drug-likeness (QED) is 0.219. The number of hydrogen-bond acceptors (Lipinski definition) is 6. The number of H-pyrrole nitrogens is 1. The van der Waals surface area contributed by atoms with Gasteiger partial charge in [0.2, 0.25) is 5.91 Å². The van der Waals surface area contributed by atoms with Crippen LogP contribution in [0.4, 0.5) is 0 Å². The molecule has 9 heteroatoms. The SMILES string of the molecule is C#CCC1(C(=O)Cc2ccc3[nH]nc(-c4ccnc(Cl)c4)c3c2)CCN(CC(=O)N2CC=C(c3ccsc3)CC2)C1. The number of nitrogens with zero attached hydrogens (tertiary/aromatic N) is 4. The van der Waals surface area contributed by atoms with Crippen LogP contribution in [0.15, 0.2) is 59.4 Å². The predicted molar refractivity (Wildman–Crippen MR) is 163 cm³/mol. The Balaban J connectivity index is 1.13. The summed E-state index contributed by atoms with van der Waals surface area (Å²) >= 11 is 7.79. The number of aromatic amines is 1. The molecule has 208 valence electrons. The second-order valence-corrected chi connectivity index (χ2v) is 12.0. The largest absolute Gasteiger partial charge is 0.338 e. The monoisotopic (exact) mass is 583 g/mol. The van der Waals surface area contributed by atoms with E-state index in [2.05, 4.69) is 48.9 Å². The van der Waals surface area contributed by atoms with Crippen LogP contribution in [0.3, 0.4) is 0 Å². The first kappa shape index (κ1) is 27.4. The summed E-state index contributed by atoms with van der Waals surface area (Å²) in [5, 5.41) is 13.1. The number of aromatic nitrogens is 3. The van der Waals surface area contributed by atoms with Gasteiger partial charge < -0.3 is 4.90 Å². The first-order valence-corrected chi connectivity index (χ1v) is 15.0. The van der Waals surface area contributed by atoms with Crippen LogP contribution in [0.25, 0.3) is 27.7 Å². The van der Waals surface area contributed by atoms with E-state index in [9.17, 15) is 9.59 Å². The summed E-state index contributed by atoms with van der Waals surface area (Å²) in [6.07, 6.45) is 11.7. The zero-order valence-corrected chi connectivity index (χ0v) is 24.2. The van der Waals surface area contributed by atoms with Gasteiger partial charge in [0.25, 0.3) is 0 Å². The molecule has 0 spiro atoms. The number of pyridine rings is 1. The molecule has 0 bridgehead atoms. The molecule has 3 aromatic heterocycles. The molecule has 1 N–H and O–H groups in total. The lowest BCUT2D eigenvalue weighted by Crippen LogP contribution is -2.43. The van der Waals surface area contributed by atoms with Crippen molar-refractivity contribution >= 4 is 51.1 Å². The second kappa shape index (κ2) is 11.6. The minimum Gasteiger partial charge on any atom is -0.338 e. The molecule has 2 aliphatic rings. The molecule has 41 heavy (non-hydrogen) atoms. The van der Waals surface area contributed by atoms with E-state index < -0.39 is 5.41 Å². The average Bonchev–Trinajstić information content (AvgIpc) is 3.74. The van der Waals surface area contributed by atoms with Gasteiger partial charge in [-0.25, -0.2) is 4.98 Å². The van der Waals surface area contributed by atoms with Gasteiger partial charge in [-0.15, -0.1) is 12.3 Å². The van der Waals surface area contributed by atoms with E-state index in [0.29, 0.717) is 50.7 Å². The summed E-state index contributed by atoms with van der Waals surface area (Å²) in [4.78, 5) is 35.0. The van der Waals surface area contributed by atoms with Crippen LogP contribution in [0.5, 0.6) is 0 Å². The van der Waals surface area contributed by atoms with E-state index in [1.54, 1.807) is 23.6 Å². The van der Waals surface area contributed by atoms with Gasteiger partial charge in [-0.3, -0.25) is 19.6 Å². The van der Waals surface area contributed by atoms with E-state index in [0.717, 1.165) is 34.1 Å². The number of rotatable bonds is 8. The third kappa shape index (κ3) is 5.71. The molecule has 1 unspecified atom stereocenters. The number of hydrogen-bond donors (Lipinski definition) is 1. The fraction of sp³-hybridized carbons (Fsp3) is 0.312. The summed E-state index contributed by atoms with van der Waals surface area (Å²) in [7, 11) is 0. The number of ketones is 1. The summed E-state index contributed by atoms with van der Waals surface area (Å²) in [6.45, 7) is 2.82. The van der Waals surface area contributed by atoms with Crippen molar-refractivity contribution in [2.45, 2.75) is 25.7 Å². The molecule has 1 fully saturated rings. The van der Waals surface area contributed by atoms with E-state index in [4.69, 9.17) is 18.0 Å². The summed E-state index contributed by atoms with van der Waals surface area (Å²) in [5.41, 5.74) is 5.30. The number of carbonyl (C=O) groups excluding carboxylic acids is 2. The van der Waals surface area contributed by atoms with Crippen molar-refractivity contribution in [3.05, 3.63) is 75.7 Å². The number of likely N-dealkylation sites (tertiary alicyclic amines) is 1. The number of Topliss-reactive ketones (excluding diaryl/α,β-unsaturated/α-hetero) is 1. The Morgan fingerprint density at radius 1 is 1.17 bits per heavy atom. The fourth-order valence-electron chi connectivity index (χ4n) is 5.97. The Kier molecular flexibility index (Phi) is 7.76. The number of carbonyl (C=O) groups is 2. The zero-order valence-electron chi connectivity index (χ0n) is 22.6. The molecule has 2 aliphatic heterocycles. The van der Waals surface area contributed by atoms with Crippen LogP contribution >= 0.6 is 22.9 Å². The Labute approximate surface area is 248 Å². The molecule has 4 aromatic rings. The lowest BCUT2D eigenvalue weighted by Gasteiger charge is -2.29. The Bertz CT molecular complexity index is 1670. The number of fused-ring (bicyclic) bond motifs is 1. The van der Waals surface area contributed by atoms with E-state index in [1.165, 1.54) is 11.1 Å². The standard InChI is InChI=1S/C32H30ClN5O2S/c1-2-9-32(10-14-37(21-32)19-30(40)38-12-6-23(7-13-38)25-8-15-41-20-25)28(39)17-22-3-4-27-26(16-22)31(36-35-27)24-5-11-34-29(33)18-24/h1,3-6,8,11,15-16,18,20H,7,9-10,12-14,17,19,21H2,(H,35,36). The molecule has 1 amide bonds. The van der Waals surface area contributed by atoms with Crippen LogP contribution in [0, 0.1) is 17.8 Å². The maximum atomic E-state index is 13.8. The van der Waals surface area contributed by atoms with Gasteiger partial charge in [0.1, 0.15) is 16.6 Å². The van der Waals surface area contributed by atoms with Crippen molar-refractivity contribution in [2.24, 2.45) is 5.41 Å². The highest BCUT2D eigenvalue weighted by molar-refractivity contribution is 7.08. The van der Waals surface area contributed by atoms with Crippen molar-refractivity contribution in [2.75, 3.05) is 32.7 Å². The Morgan fingerprint density at radius 2 is 2.07 bits per heavy atom. The Morgan fingerprint density at radius 3 is 2.83 bits per heavy atom. The molecule has 1 atom stereocenters. The number of thiophene rings is 1. The average molecular weight is 584 g/mol. The van der Waals surface area contributed by atoms with Crippen molar-refractivity contribution < 1.29 is 9.59 Å². The van der Waals surface area contributed by atoms with Crippen molar-refractivity contribution in [3.63, 3.8) is 0 Å². The van der Waals surface area contributed by atoms with Crippen LogP contribution in [0.1, 0.15) is 30.4 Å². The fourth-order valence-corrected chi connectivity index (χ4v) is 6.82. The van der Waals surface area contributed by atoms with Gasteiger partial charge in [0.15, 0.2) is 0 Å². The smallest absolute Gasteiger partial charge is 0.237 e. The number of amides is 1. The van der Waals surface area contributed by atoms with E-state index >= 15 is 0 Å². The molecule has 1 saturated heterocycles. The number of terminal acetylenes is 1. The second-order valence-electron chi connectivity index (χ2n) is 10.9. The van der Waals surface area contributed by atoms with E-state index in [-0.39, 0.29) is 18.1 Å². The minimum atomic E-state index is -0.657. The van der Waals surface area contributed by atoms with Gasteiger partial charge >= 0.3 is 0 Å². The highest BCUT2D eigenvalue weighted by Crippen LogP contribution is 2.37. The van der Waals surface area contributed by atoms with Crippen LogP contribution in [-0.2, 0) is 16.0 Å². The number of nitrogens with one attached hydrogen (secondary N) is 1. The number of benzene rings is 1. The minimum absolute atomic E-state index is 0.101. The molecular weight excluding hydrogens is 554 g/mol. The van der Waals surface area contributed by atoms with Crippen molar-refractivity contribution in [3.8, 4) is 23.6 Å². The molecular formula is C32H30ClN5O2S. The van der Waals surface area contributed by atoms with Crippen LogP contribution in [0.2, 0.25) is 5.15 Å². The first-order chi connectivity index (χ1) is 19.9. The van der Waals surface area contributed by atoms with E-state index in [1.807, 2.05) is 29.2 Å². The number of halogens is 1. The normalized spacial score (nSPS) is 19.3. The summed E-state index contributed by atoms with van der Waals surface area (Å²) < 4.78 is 0. The maximum absolute atomic E-state index is 13.8. The maximum Gasteiger partial charge on any atom is 0.237 e. The highest BCUT2D eigenvalue weighted by Gasteiger charge is 2.44. The first-order valence-electron chi connectivity index (χ1n) is 13.7. The third-order valence-corrected chi connectivity index (χ3v) is 9.16. The lowest BCUT2D eigenvalue weighted by atomic mass is 9.77. The van der Waals surface area contributed by atoms with Gasteiger partial charge in [0, 0.05) is 49.6 Å². The molecule has 1 aromatic carbocycles. The summed E-state index contributed by atoms with van der Waals surface area (Å²) in [6, 6.07) is 11.7. The van der Waals surface area contributed by atoms with Gasteiger partial charge in [-0.2, -0.15) is 16.4 Å². The predicted octanol–water partition coefficient (Wildman–Crippen LogP) is 5.48. The highest BCUT2D eigenvalue weighted by atomic mass is 35.5. The summed E-state index contributed by atoms with van der Waals surface area (Å²) in [5.74, 6) is 2.97. The molecule has 5 heterocycles. The molecule has 0 saturated carbocycles. The van der Waals surface area contributed by atoms with Crippen LogP contribution in [-0.4, -0.2) is 69.4 Å². The topological polar surface area (TPSA) is 82.2 Å². The molecule has 0 aliphatic carbocycles. The van der Waals surface area contributed by atoms with Gasteiger partial charge in [-0.05, 0) is 77.2 Å². The van der Waals surface area contributed by atoms with Gasteiger partial charge in [0.05, 0.1) is 17.5 Å². The van der Waals surface area contributed by atoms with Crippen LogP contribution < -0.4 is 0 Å². The molecule has 0 radical (unpaired) electrons. The Hall–Kier alpha value is -3.77. The lowest BCUT2D eigenvalue weighted by molar-refractivity contribution is -0.132. The third-order valence-electron chi connectivity index (χ3n) is 8.27. The van der Waals surface area contributed by atoms with Crippen molar-refractivity contribution in [1.82, 2.24) is 25.0 Å². The van der Waals surface area contributed by atoms with Gasteiger partial charge in [-0.1, -0.05) is 23.7 Å². The zero-order chi connectivity index (χ0) is 28.4. The van der Waals surface area contributed by atoms with Crippen molar-refractivity contribution in [1.29, 1.82) is 0 Å².